The van der Waals surface area contributed by atoms with Crippen LogP contribution in [0.25, 0.3) is 0 Å². The molecule has 0 fully saturated rings. The maximum atomic E-state index is 12.4. The van der Waals surface area contributed by atoms with Gasteiger partial charge in [-0.2, -0.15) is 4.31 Å². The van der Waals surface area contributed by atoms with Gasteiger partial charge in [-0.1, -0.05) is 15.9 Å². The Hall–Kier alpha value is -2.17. The third kappa shape index (κ3) is 4.71. The van der Waals surface area contributed by atoms with Crippen LogP contribution in [0.5, 0.6) is 0 Å². The Morgan fingerprint density at radius 3 is 2.31 bits per heavy atom. The minimum Gasteiger partial charge on any atom is -0.466 e. The largest absolute Gasteiger partial charge is 0.466 e. The fourth-order valence-corrected chi connectivity index (χ4v) is 3.55. The normalized spacial score (nSPS) is 11.4. The van der Waals surface area contributed by atoms with E-state index in [9.17, 15) is 18.0 Å². The lowest BCUT2D eigenvalue weighted by Crippen LogP contribution is -2.46. The molecule has 1 aromatic carbocycles. The average molecular weight is 444 g/mol. The van der Waals surface area contributed by atoms with E-state index in [1.807, 2.05) is 0 Å². The van der Waals surface area contributed by atoms with E-state index in [1.54, 1.807) is 32.0 Å². The predicted molar refractivity (Wildman–Crippen MR) is 97.7 cm³/mol. The van der Waals surface area contributed by atoms with Gasteiger partial charge in [-0.3, -0.25) is 20.4 Å². The highest BCUT2D eigenvalue weighted by Gasteiger charge is 2.23. The van der Waals surface area contributed by atoms with Crippen molar-refractivity contribution in [1.82, 2.24) is 15.2 Å². The summed E-state index contributed by atoms with van der Waals surface area (Å²) in [7, 11) is -2.54. The van der Waals surface area contributed by atoms with Gasteiger partial charge in [0.25, 0.3) is 11.8 Å². The van der Waals surface area contributed by atoms with Gasteiger partial charge in [0.1, 0.15) is 11.5 Å². The van der Waals surface area contributed by atoms with Crippen molar-refractivity contribution < 1.29 is 22.4 Å². The number of aryl methyl sites for hydroxylation is 2. The van der Waals surface area contributed by atoms with Gasteiger partial charge in [0.05, 0.1) is 17.0 Å². The summed E-state index contributed by atoms with van der Waals surface area (Å²) in [5.41, 5.74) is 4.71. The van der Waals surface area contributed by atoms with Gasteiger partial charge < -0.3 is 4.42 Å². The van der Waals surface area contributed by atoms with Crippen molar-refractivity contribution in [3.05, 3.63) is 51.9 Å². The first-order valence-corrected chi connectivity index (χ1v) is 9.72. The zero-order chi connectivity index (χ0) is 19.5. The van der Waals surface area contributed by atoms with E-state index in [-0.39, 0.29) is 4.90 Å². The molecule has 2 aromatic rings. The highest BCUT2D eigenvalue weighted by atomic mass is 79.9. The molecule has 0 aliphatic heterocycles. The second-order valence-corrected chi connectivity index (χ2v) is 8.50. The SMILES string of the molecule is Cc1cc(C(=O)NNC(=O)CN(C)S(=O)(=O)c2ccc(Br)cc2)c(C)o1. The topological polar surface area (TPSA) is 109 Å². The number of hydrogen-bond acceptors (Lipinski definition) is 5. The lowest BCUT2D eigenvalue weighted by Gasteiger charge is -2.17. The highest BCUT2D eigenvalue weighted by Crippen LogP contribution is 2.17. The molecule has 8 nitrogen and oxygen atoms in total. The summed E-state index contributed by atoms with van der Waals surface area (Å²) in [5, 5.41) is 0. The Morgan fingerprint density at radius 1 is 1.15 bits per heavy atom. The Morgan fingerprint density at radius 2 is 1.77 bits per heavy atom. The van der Waals surface area contributed by atoms with Crippen molar-refractivity contribution in [2.24, 2.45) is 0 Å². The van der Waals surface area contributed by atoms with Crippen LogP contribution in [0.3, 0.4) is 0 Å². The maximum Gasteiger partial charge on any atom is 0.273 e. The molecule has 0 radical (unpaired) electrons. The Labute approximate surface area is 159 Å². The molecular weight excluding hydrogens is 426 g/mol. The van der Waals surface area contributed by atoms with Crippen LogP contribution in [0.4, 0.5) is 0 Å². The van der Waals surface area contributed by atoms with Crippen LogP contribution in [0.1, 0.15) is 21.9 Å². The van der Waals surface area contributed by atoms with E-state index in [1.165, 1.54) is 19.2 Å². The summed E-state index contributed by atoms with van der Waals surface area (Å²) in [5.74, 6) is -0.242. The molecule has 2 N–H and O–H groups in total. The highest BCUT2D eigenvalue weighted by molar-refractivity contribution is 9.10. The van der Waals surface area contributed by atoms with Crippen molar-refractivity contribution >= 4 is 37.8 Å². The number of likely N-dealkylation sites (N-methyl/N-ethyl adjacent to an activating group) is 1. The van der Waals surface area contributed by atoms with Crippen LogP contribution in [0.2, 0.25) is 0 Å². The summed E-state index contributed by atoms with van der Waals surface area (Å²) >= 11 is 3.23. The predicted octanol–water partition coefficient (Wildman–Crippen LogP) is 1.74. The summed E-state index contributed by atoms with van der Waals surface area (Å²) in [6, 6.07) is 7.59. The number of furan rings is 1. The standard InChI is InChI=1S/C16H18BrN3O5S/c1-10-8-14(11(2)25-10)16(22)19-18-15(21)9-20(3)26(23,24)13-6-4-12(17)5-7-13/h4-8H,9H2,1-3H3,(H,18,21)(H,19,22). The number of halogens is 1. The fraction of sp³-hybridized carbons (Fsp3) is 0.250. The van der Waals surface area contributed by atoms with Crippen molar-refractivity contribution in [3.63, 3.8) is 0 Å². The number of carbonyl (C=O) groups excluding carboxylic acids is 2. The van der Waals surface area contributed by atoms with E-state index in [0.29, 0.717) is 17.1 Å². The van der Waals surface area contributed by atoms with E-state index in [4.69, 9.17) is 4.42 Å². The van der Waals surface area contributed by atoms with Gasteiger partial charge in [0.15, 0.2) is 0 Å². The van der Waals surface area contributed by atoms with Crippen LogP contribution >= 0.6 is 15.9 Å². The molecular formula is C16H18BrN3O5S. The number of hydrazine groups is 1. The molecule has 0 saturated heterocycles. The molecule has 10 heteroatoms. The lowest BCUT2D eigenvalue weighted by molar-refractivity contribution is -0.121. The Bertz CT molecular complexity index is 922. The molecule has 0 atom stereocenters. The minimum atomic E-state index is -3.82. The number of nitrogens with zero attached hydrogens (tertiary/aromatic N) is 1. The molecule has 1 aromatic heterocycles. The number of amides is 2. The third-order valence-electron chi connectivity index (χ3n) is 3.49. The first-order chi connectivity index (χ1) is 12.1. The Balaban J connectivity index is 1.95. The number of benzene rings is 1. The smallest absolute Gasteiger partial charge is 0.273 e. The van der Waals surface area contributed by atoms with Crippen molar-refractivity contribution in [1.29, 1.82) is 0 Å². The zero-order valence-corrected chi connectivity index (χ0v) is 16.8. The maximum absolute atomic E-state index is 12.4. The molecule has 26 heavy (non-hydrogen) atoms. The summed E-state index contributed by atoms with van der Waals surface area (Å²) in [6.07, 6.45) is 0. The van der Waals surface area contributed by atoms with Crippen LogP contribution < -0.4 is 10.9 Å². The monoisotopic (exact) mass is 443 g/mol. The fourth-order valence-electron chi connectivity index (χ4n) is 2.16. The molecule has 0 bridgehead atoms. The van der Waals surface area contributed by atoms with Crippen molar-refractivity contribution in [2.75, 3.05) is 13.6 Å². The second kappa shape index (κ2) is 8.02. The molecule has 2 amide bonds. The van der Waals surface area contributed by atoms with E-state index >= 15 is 0 Å². The van der Waals surface area contributed by atoms with Crippen LogP contribution in [-0.4, -0.2) is 38.1 Å². The quantitative estimate of drug-likeness (QED) is 0.683. The molecule has 140 valence electrons. The molecule has 0 aliphatic rings. The van der Waals surface area contributed by atoms with Crippen LogP contribution in [0.15, 0.2) is 44.1 Å². The number of rotatable bonds is 5. The molecule has 0 aliphatic carbocycles. The molecule has 1 heterocycles. The first kappa shape index (κ1) is 20.1. The molecule has 0 saturated carbocycles. The third-order valence-corrected chi connectivity index (χ3v) is 5.84. The van der Waals surface area contributed by atoms with Crippen LogP contribution in [0, 0.1) is 13.8 Å². The number of carbonyl (C=O) groups is 2. The molecule has 0 spiro atoms. The zero-order valence-electron chi connectivity index (χ0n) is 14.4. The van der Waals surface area contributed by atoms with Crippen LogP contribution in [-0.2, 0) is 14.8 Å². The average Bonchev–Trinajstić information content (AvgIpc) is 2.91. The summed E-state index contributed by atoms with van der Waals surface area (Å²) in [4.78, 5) is 24.0. The summed E-state index contributed by atoms with van der Waals surface area (Å²) in [6.45, 7) is 2.87. The van der Waals surface area contributed by atoms with E-state index in [2.05, 4.69) is 26.8 Å². The second-order valence-electron chi connectivity index (χ2n) is 5.54. The first-order valence-electron chi connectivity index (χ1n) is 7.49. The molecule has 2 rings (SSSR count). The van der Waals surface area contributed by atoms with E-state index in [0.717, 1.165) is 8.78 Å². The minimum absolute atomic E-state index is 0.0598. The van der Waals surface area contributed by atoms with Gasteiger partial charge >= 0.3 is 0 Å². The van der Waals surface area contributed by atoms with Gasteiger partial charge in [0.2, 0.25) is 10.0 Å². The number of sulfonamides is 1. The van der Waals surface area contributed by atoms with Gasteiger partial charge in [-0.25, -0.2) is 8.42 Å². The summed E-state index contributed by atoms with van der Waals surface area (Å²) < 4.78 is 31.7. The van der Waals surface area contributed by atoms with E-state index < -0.39 is 28.4 Å². The molecule has 0 unspecified atom stereocenters. The number of hydrogen-bond donors (Lipinski definition) is 2. The Kier molecular flexibility index (Phi) is 6.21. The van der Waals surface area contributed by atoms with Crippen molar-refractivity contribution in [3.8, 4) is 0 Å². The van der Waals surface area contributed by atoms with Gasteiger partial charge in [0, 0.05) is 11.5 Å². The van der Waals surface area contributed by atoms with Gasteiger partial charge in [-0.15, -0.1) is 0 Å². The van der Waals surface area contributed by atoms with Gasteiger partial charge in [-0.05, 0) is 44.2 Å². The van der Waals surface area contributed by atoms with Crippen molar-refractivity contribution in [2.45, 2.75) is 18.7 Å². The lowest BCUT2D eigenvalue weighted by atomic mass is 10.2. The number of nitrogens with one attached hydrogen (secondary N) is 2.